The Labute approximate surface area is 110 Å². The van der Waals surface area contributed by atoms with Gasteiger partial charge in [0, 0.05) is 12.7 Å². The molecule has 9 heteroatoms. The molecule has 0 bridgehead atoms. The summed E-state index contributed by atoms with van der Waals surface area (Å²) in [5.41, 5.74) is 0.311. The number of nitrogens with one attached hydrogen (secondary N) is 2. The Morgan fingerprint density at radius 1 is 1.26 bits per heavy atom. The lowest BCUT2D eigenvalue weighted by molar-refractivity contribution is 0.582. The molecule has 0 aliphatic carbocycles. The fraction of sp³-hybridized carbons (Fsp3) is 0.300. The van der Waals surface area contributed by atoms with Crippen LogP contribution in [-0.2, 0) is 16.6 Å². The highest BCUT2D eigenvalue weighted by Gasteiger charge is 2.16. The van der Waals surface area contributed by atoms with Gasteiger partial charge in [-0.25, -0.2) is 18.4 Å². The van der Waals surface area contributed by atoms with Crippen molar-refractivity contribution in [2.75, 3.05) is 18.3 Å². The molecule has 2 heterocycles. The predicted octanol–water partition coefficient (Wildman–Crippen LogP) is -0.307. The van der Waals surface area contributed by atoms with E-state index in [1.165, 1.54) is 31.1 Å². The van der Waals surface area contributed by atoms with E-state index in [4.69, 9.17) is 0 Å². The number of anilines is 1. The molecule has 0 aromatic carbocycles. The van der Waals surface area contributed by atoms with Crippen LogP contribution in [0.4, 0.5) is 5.69 Å². The van der Waals surface area contributed by atoms with Gasteiger partial charge in [-0.2, -0.15) is 5.10 Å². The molecule has 0 unspecified atom stereocenters. The van der Waals surface area contributed by atoms with Crippen molar-refractivity contribution in [2.24, 2.45) is 0 Å². The van der Waals surface area contributed by atoms with Crippen LogP contribution in [0.5, 0.6) is 0 Å². The molecule has 2 aromatic rings. The standard InChI is InChI=1S/C10H14N6O2S/c1-11-2-3-16-7-10(6-14-16)19(17,18)15-9-4-12-8-13-5-9/h4-8,11,15H,2-3H2,1H3. The third-order valence-electron chi connectivity index (χ3n) is 2.32. The average Bonchev–Trinajstić information content (AvgIpc) is 2.86. The first-order chi connectivity index (χ1) is 9.12. The van der Waals surface area contributed by atoms with E-state index in [1.54, 1.807) is 4.68 Å². The first-order valence-corrected chi connectivity index (χ1v) is 7.05. The van der Waals surface area contributed by atoms with Crippen LogP contribution in [0, 0.1) is 0 Å². The van der Waals surface area contributed by atoms with E-state index < -0.39 is 10.0 Å². The second-order valence-electron chi connectivity index (χ2n) is 3.78. The van der Waals surface area contributed by atoms with Gasteiger partial charge in [0.1, 0.15) is 11.2 Å². The summed E-state index contributed by atoms with van der Waals surface area (Å²) < 4.78 is 28.1. The first kappa shape index (κ1) is 13.4. The van der Waals surface area contributed by atoms with E-state index >= 15 is 0 Å². The van der Waals surface area contributed by atoms with Crippen LogP contribution >= 0.6 is 0 Å². The molecule has 0 aliphatic heterocycles. The Kier molecular flexibility index (Phi) is 4.07. The summed E-state index contributed by atoms with van der Waals surface area (Å²) in [4.78, 5) is 7.59. The van der Waals surface area contributed by atoms with Gasteiger partial charge in [0.25, 0.3) is 10.0 Å². The van der Waals surface area contributed by atoms with Crippen molar-refractivity contribution < 1.29 is 8.42 Å². The maximum absolute atomic E-state index is 12.1. The van der Waals surface area contributed by atoms with Crippen LogP contribution in [0.3, 0.4) is 0 Å². The molecule has 0 saturated heterocycles. The normalized spacial score (nSPS) is 11.4. The highest BCUT2D eigenvalue weighted by atomic mass is 32.2. The minimum absolute atomic E-state index is 0.104. The minimum atomic E-state index is -3.65. The Hall–Kier alpha value is -2.00. The maximum atomic E-state index is 12.1. The number of hydrogen-bond donors (Lipinski definition) is 2. The number of aromatic nitrogens is 4. The zero-order valence-electron chi connectivity index (χ0n) is 10.3. The molecule has 0 fully saturated rings. The van der Waals surface area contributed by atoms with Gasteiger partial charge in [0.15, 0.2) is 0 Å². The third kappa shape index (κ3) is 3.48. The molecular formula is C10H14N6O2S. The first-order valence-electron chi connectivity index (χ1n) is 5.57. The zero-order valence-corrected chi connectivity index (χ0v) is 11.1. The SMILES string of the molecule is CNCCn1cc(S(=O)(=O)Nc2cncnc2)cn1. The quantitative estimate of drug-likeness (QED) is 0.754. The molecule has 0 radical (unpaired) electrons. The summed E-state index contributed by atoms with van der Waals surface area (Å²) in [5, 5.41) is 6.95. The van der Waals surface area contributed by atoms with Crippen molar-refractivity contribution in [1.29, 1.82) is 0 Å². The Balaban J connectivity index is 2.13. The summed E-state index contributed by atoms with van der Waals surface area (Å²) in [5.74, 6) is 0. The Bertz CT molecular complexity index is 624. The lowest BCUT2D eigenvalue weighted by Gasteiger charge is -2.04. The van der Waals surface area contributed by atoms with Crippen LogP contribution in [0.1, 0.15) is 0 Å². The van der Waals surface area contributed by atoms with E-state index in [0.717, 1.165) is 0 Å². The second-order valence-corrected chi connectivity index (χ2v) is 5.46. The van der Waals surface area contributed by atoms with Crippen molar-refractivity contribution >= 4 is 15.7 Å². The van der Waals surface area contributed by atoms with Crippen molar-refractivity contribution in [1.82, 2.24) is 25.1 Å². The molecule has 19 heavy (non-hydrogen) atoms. The Morgan fingerprint density at radius 3 is 2.68 bits per heavy atom. The number of sulfonamides is 1. The lowest BCUT2D eigenvalue weighted by Crippen LogP contribution is -2.15. The smallest absolute Gasteiger partial charge is 0.265 e. The largest absolute Gasteiger partial charge is 0.318 e. The van der Waals surface area contributed by atoms with Gasteiger partial charge in [0.2, 0.25) is 0 Å². The third-order valence-corrected chi connectivity index (χ3v) is 3.66. The van der Waals surface area contributed by atoms with E-state index in [9.17, 15) is 8.42 Å². The van der Waals surface area contributed by atoms with E-state index in [2.05, 4.69) is 25.1 Å². The van der Waals surface area contributed by atoms with Crippen molar-refractivity contribution in [2.45, 2.75) is 11.4 Å². The molecule has 0 spiro atoms. The predicted molar refractivity (Wildman–Crippen MR) is 69.0 cm³/mol. The Morgan fingerprint density at radius 2 is 2.00 bits per heavy atom. The highest BCUT2D eigenvalue weighted by molar-refractivity contribution is 7.92. The van der Waals surface area contributed by atoms with Gasteiger partial charge in [-0.15, -0.1) is 0 Å². The molecule has 0 aliphatic rings. The molecular weight excluding hydrogens is 268 g/mol. The molecule has 0 amide bonds. The van der Waals surface area contributed by atoms with E-state index in [1.807, 2.05) is 7.05 Å². The summed E-state index contributed by atoms with van der Waals surface area (Å²) in [6, 6.07) is 0. The van der Waals surface area contributed by atoms with Crippen molar-refractivity contribution in [3.63, 3.8) is 0 Å². The summed E-state index contributed by atoms with van der Waals surface area (Å²) in [7, 11) is -1.83. The van der Waals surface area contributed by atoms with Crippen LogP contribution < -0.4 is 10.0 Å². The monoisotopic (exact) mass is 282 g/mol. The van der Waals surface area contributed by atoms with Crippen LogP contribution in [0.15, 0.2) is 36.0 Å². The molecule has 0 atom stereocenters. The van der Waals surface area contributed by atoms with Gasteiger partial charge >= 0.3 is 0 Å². The van der Waals surface area contributed by atoms with Gasteiger partial charge < -0.3 is 5.32 Å². The van der Waals surface area contributed by atoms with Crippen LogP contribution in [0.2, 0.25) is 0 Å². The molecule has 0 saturated carbocycles. The number of nitrogens with zero attached hydrogens (tertiary/aromatic N) is 4. The fourth-order valence-electron chi connectivity index (χ4n) is 1.40. The maximum Gasteiger partial charge on any atom is 0.265 e. The summed E-state index contributed by atoms with van der Waals surface area (Å²) in [6.45, 7) is 1.31. The van der Waals surface area contributed by atoms with E-state index in [0.29, 0.717) is 18.8 Å². The van der Waals surface area contributed by atoms with Crippen LogP contribution in [0.25, 0.3) is 0 Å². The molecule has 8 nitrogen and oxygen atoms in total. The molecule has 102 valence electrons. The van der Waals surface area contributed by atoms with Gasteiger partial charge in [-0.05, 0) is 7.05 Å². The minimum Gasteiger partial charge on any atom is -0.318 e. The number of hydrogen-bond acceptors (Lipinski definition) is 6. The average molecular weight is 282 g/mol. The zero-order chi connectivity index (χ0) is 13.7. The molecule has 2 rings (SSSR count). The lowest BCUT2D eigenvalue weighted by atomic mass is 10.6. The molecule has 2 N–H and O–H groups in total. The van der Waals surface area contributed by atoms with Gasteiger partial charge in [0.05, 0.1) is 30.8 Å². The molecule has 2 aromatic heterocycles. The summed E-state index contributed by atoms with van der Waals surface area (Å²) >= 11 is 0. The van der Waals surface area contributed by atoms with E-state index in [-0.39, 0.29) is 4.90 Å². The number of likely N-dealkylation sites (N-methyl/N-ethyl adjacent to an activating group) is 1. The number of rotatable bonds is 6. The topological polar surface area (TPSA) is 102 Å². The van der Waals surface area contributed by atoms with Gasteiger partial charge in [-0.1, -0.05) is 0 Å². The fourth-order valence-corrected chi connectivity index (χ4v) is 2.38. The van der Waals surface area contributed by atoms with Crippen molar-refractivity contribution in [3.05, 3.63) is 31.1 Å². The second kappa shape index (κ2) is 5.76. The van der Waals surface area contributed by atoms with Gasteiger partial charge in [-0.3, -0.25) is 9.40 Å². The highest BCUT2D eigenvalue weighted by Crippen LogP contribution is 2.13. The summed E-state index contributed by atoms with van der Waals surface area (Å²) in [6.07, 6.45) is 6.88. The van der Waals surface area contributed by atoms with Crippen molar-refractivity contribution in [3.8, 4) is 0 Å². The van der Waals surface area contributed by atoms with Crippen LogP contribution in [-0.4, -0.2) is 41.8 Å².